The van der Waals surface area contributed by atoms with Gasteiger partial charge in [-0.1, -0.05) is 35.2 Å². The molecule has 26 heavy (non-hydrogen) atoms. The van der Waals surface area contributed by atoms with Crippen molar-refractivity contribution in [3.05, 3.63) is 34.7 Å². The molecule has 4 rings (SSSR count). The van der Waals surface area contributed by atoms with E-state index in [9.17, 15) is 0 Å². The number of aromatic amines is 1. The van der Waals surface area contributed by atoms with Gasteiger partial charge in [-0.3, -0.25) is 4.90 Å². The minimum atomic E-state index is -0.425. The number of H-pyrrole nitrogens is 1. The lowest BCUT2D eigenvalue weighted by molar-refractivity contribution is 0.414. The molecule has 1 saturated carbocycles. The maximum atomic E-state index is 6.59. The number of imidazole rings is 1. The lowest BCUT2D eigenvalue weighted by Crippen LogP contribution is -2.48. The summed E-state index contributed by atoms with van der Waals surface area (Å²) < 4.78 is 6.55. The van der Waals surface area contributed by atoms with Gasteiger partial charge in [0.2, 0.25) is 5.96 Å². The van der Waals surface area contributed by atoms with Crippen LogP contribution in [0.25, 0.3) is 0 Å². The first-order chi connectivity index (χ1) is 12.7. The largest absolute Gasteiger partial charge is 0.495 e. The molecule has 7 nitrogen and oxygen atoms in total. The summed E-state index contributed by atoms with van der Waals surface area (Å²) in [5, 5.41) is 3.36. The van der Waals surface area contributed by atoms with Crippen LogP contribution in [0.4, 0.5) is 11.5 Å². The number of benzene rings is 1. The topological polar surface area (TPSA) is 91.6 Å². The van der Waals surface area contributed by atoms with Gasteiger partial charge in [0.05, 0.1) is 30.9 Å². The van der Waals surface area contributed by atoms with E-state index in [0.717, 1.165) is 46.2 Å². The van der Waals surface area contributed by atoms with Crippen LogP contribution in [0, 0.1) is 0 Å². The molecule has 1 unspecified atom stereocenters. The normalized spacial score (nSPS) is 22.2. The van der Waals surface area contributed by atoms with Crippen molar-refractivity contribution in [2.75, 3.05) is 17.3 Å². The Morgan fingerprint density at radius 2 is 2.12 bits per heavy atom. The molecular formula is C18H23BrN6O. The van der Waals surface area contributed by atoms with Gasteiger partial charge in [-0.2, -0.15) is 0 Å². The number of nitrogens with one attached hydrogen (secondary N) is 2. The fraction of sp³-hybridized carbons (Fsp3) is 0.444. The molecule has 1 aliphatic carbocycles. The highest BCUT2D eigenvalue weighted by Gasteiger charge is 2.34. The first kappa shape index (κ1) is 17.4. The summed E-state index contributed by atoms with van der Waals surface area (Å²) in [6, 6.07) is 6.21. The van der Waals surface area contributed by atoms with Crippen LogP contribution < -0.4 is 20.7 Å². The van der Waals surface area contributed by atoms with Gasteiger partial charge in [-0.15, -0.1) is 0 Å². The average Bonchev–Trinajstić information content (AvgIpc) is 3.12. The van der Waals surface area contributed by atoms with Crippen LogP contribution >= 0.6 is 15.9 Å². The molecule has 2 aromatic rings. The molecule has 2 aliphatic rings. The first-order valence-corrected chi connectivity index (χ1v) is 9.73. The maximum Gasteiger partial charge on any atom is 0.206 e. The minimum Gasteiger partial charge on any atom is -0.495 e. The number of hydrogen-bond donors (Lipinski definition) is 3. The van der Waals surface area contributed by atoms with Gasteiger partial charge in [-0.05, 0) is 31.0 Å². The average molecular weight is 419 g/mol. The molecule has 1 atom stereocenters. The second-order valence-electron chi connectivity index (χ2n) is 6.67. The zero-order valence-electron chi connectivity index (χ0n) is 14.7. The number of guanidine groups is 1. The molecule has 2 heterocycles. The summed E-state index contributed by atoms with van der Waals surface area (Å²) in [6.07, 6.45) is 7.19. The second-order valence-corrected chi connectivity index (χ2v) is 7.58. The number of hydrogen-bond acceptors (Lipinski definition) is 4. The van der Waals surface area contributed by atoms with Crippen LogP contribution in [-0.4, -0.2) is 29.1 Å². The molecular weight excluding hydrogens is 396 g/mol. The molecule has 4 N–H and O–H groups in total. The molecule has 0 saturated heterocycles. The number of nitrogens with zero attached hydrogens (tertiary/aromatic N) is 3. The summed E-state index contributed by atoms with van der Waals surface area (Å²) >= 11 is 3.50. The molecule has 8 heteroatoms. The van der Waals surface area contributed by atoms with Crippen molar-refractivity contribution in [1.29, 1.82) is 0 Å². The molecule has 1 aromatic carbocycles. The van der Waals surface area contributed by atoms with Crippen LogP contribution in [0.1, 0.15) is 44.0 Å². The van der Waals surface area contributed by atoms with Gasteiger partial charge in [0.25, 0.3) is 0 Å². The third-order valence-corrected chi connectivity index (χ3v) is 5.48. The first-order valence-electron chi connectivity index (χ1n) is 8.94. The minimum absolute atomic E-state index is 0.308. The Morgan fingerprint density at radius 1 is 1.31 bits per heavy atom. The van der Waals surface area contributed by atoms with E-state index in [2.05, 4.69) is 31.2 Å². The van der Waals surface area contributed by atoms with Crippen molar-refractivity contribution < 1.29 is 4.74 Å². The third kappa shape index (κ3) is 3.19. The van der Waals surface area contributed by atoms with Crippen LogP contribution in [0.15, 0.2) is 34.0 Å². The molecule has 0 spiro atoms. The van der Waals surface area contributed by atoms with E-state index in [1.165, 1.54) is 19.3 Å². The Morgan fingerprint density at radius 3 is 2.88 bits per heavy atom. The SMILES string of the molecule is COc1cc(Br)ccc1N1C(=NC2CCCCC2)Nc2nc[nH]c2C1N. The molecule has 138 valence electrons. The summed E-state index contributed by atoms with van der Waals surface area (Å²) in [5.41, 5.74) is 8.29. The number of rotatable bonds is 3. The van der Waals surface area contributed by atoms with Crippen molar-refractivity contribution >= 4 is 33.4 Å². The zero-order valence-corrected chi connectivity index (χ0v) is 16.3. The van der Waals surface area contributed by atoms with E-state index in [0.29, 0.717) is 6.04 Å². The Balaban J connectivity index is 1.78. The highest BCUT2D eigenvalue weighted by atomic mass is 79.9. The van der Waals surface area contributed by atoms with Crippen LogP contribution in [0.2, 0.25) is 0 Å². The number of aliphatic imine (C=N–C) groups is 1. The van der Waals surface area contributed by atoms with Crippen molar-refractivity contribution in [3.63, 3.8) is 0 Å². The quantitative estimate of drug-likeness (QED) is 0.705. The fourth-order valence-electron chi connectivity index (χ4n) is 3.65. The smallest absolute Gasteiger partial charge is 0.206 e. The van der Waals surface area contributed by atoms with E-state index in [4.69, 9.17) is 15.5 Å². The Kier molecular flexibility index (Phi) is 4.86. The third-order valence-electron chi connectivity index (χ3n) is 4.98. The van der Waals surface area contributed by atoms with Crippen LogP contribution in [0.3, 0.4) is 0 Å². The number of ether oxygens (including phenoxy) is 1. The highest BCUT2D eigenvalue weighted by Crippen LogP contribution is 2.38. The van der Waals surface area contributed by atoms with E-state index in [1.807, 2.05) is 23.1 Å². The van der Waals surface area contributed by atoms with Gasteiger partial charge in [0.15, 0.2) is 5.82 Å². The Hall–Kier alpha value is -2.06. The Labute approximate surface area is 161 Å². The number of fused-ring (bicyclic) bond motifs is 1. The lowest BCUT2D eigenvalue weighted by atomic mass is 9.96. The van der Waals surface area contributed by atoms with E-state index >= 15 is 0 Å². The van der Waals surface area contributed by atoms with Gasteiger partial charge in [0, 0.05) is 4.47 Å². The predicted molar refractivity (Wildman–Crippen MR) is 107 cm³/mol. The standard InChI is InChI=1S/C18H23BrN6O/c1-26-14-9-11(19)7-8-13(14)25-16(20)15-17(22-10-21-15)24-18(25)23-12-5-3-2-4-6-12/h7-10,12,16H,2-6,20H2,1H3,(H,21,22)(H,23,24). The monoisotopic (exact) mass is 418 g/mol. The van der Waals surface area contributed by atoms with E-state index < -0.39 is 6.17 Å². The van der Waals surface area contributed by atoms with Crippen LogP contribution in [-0.2, 0) is 0 Å². The molecule has 0 bridgehead atoms. The zero-order chi connectivity index (χ0) is 18.1. The molecule has 1 aliphatic heterocycles. The molecule has 1 fully saturated rings. The highest BCUT2D eigenvalue weighted by molar-refractivity contribution is 9.10. The van der Waals surface area contributed by atoms with Crippen molar-refractivity contribution in [2.45, 2.75) is 44.3 Å². The van der Waals surface area contributed by atoms with Crippen molar-refractivity contribution in [3.8, 4) is 5.75 Å². The summed E-state index contributed by atoms with van der Waals surface area (Å²) in [4.78, 5) is 14.5. The summed E-state index contributed by atoms with van der Waals surface area (Å²) in [6.45, 7) is 0. The number of aromatic nitrogens is 2. The maximum absolute atomic E-state index is 6.59. The summed E-state index contributed by atoms with van der Waals surface area (Å²) in [5.74, 6) is 2.19. The summed E-state index contributed by atoms with van der Waals surface area (Å²) in [7, 11) is 1.66. The molecule has 0 radical (unpaired) electrons. The van der Waals surface area contributed by atoms with Crippen LogP contribution in [0.5, 0.6) is 5.75 Å². The molecule has 0 amide bonds. The predicted octanol–water partition coefficient (Wildman–Crippen LogP) is 3.76. The van der Waals surface area contributed by atoms with Crippen molar-refractivity contribution in [1.82, 2.24) is 9.97 Å². The number of nitrogens with two attached hydrogens (primary N) is 1. The molecule has 1 aromatic heterocycles. The number of halogens is 1. The van der Waals surface area contributed by atoms with Gasteiger partial charge < -0.3 is 20.8 Å². The number of anilines is 2. The Bertz CT molecular complexity index is 814. The number of methoxy groups -OCH3 is 1. The van der Waals surface area contributed by atoms with Gasteiger partial charge in [-0.25, -0.2) is 9.98 Å². The van der Waals surface area contributed by atoms with Crippen molar-refractivity contribution in [2.24, 2.45) is 10.7 Å². The van der Waals surface area contributed by atoms with Gasteiger partial charge in [0.1, 0.15) is 11.9 Å². The second kappa shape index (κ2) is 7.28. The van der Waals surface area contributed by atoms with Gasteiger partial charge >= 0.3 is 0 Å². The van der Waals surface area contributed by atoms with E-state index in [-0.39, 0.29) is 0 Å². The lowest BCUT2D eigenvalue weighted by Gasteiger charge is -2.37. The van der Waals surface area contributed by atoms with E-state index in [1.54, 1.807) is 13.4 Å². The fourth-order valence-corrected chi connectivity index (χ4v) is 3.99.